The number of hydrogen-bond acceptors (Lipinski definition) is 3. The highest BCUT2D eigenvalue weighted by atomic mass is 32.1. The molecule has 2 heterocycles. The molecule has 0 atom stereocenters. The van der Waals surface area contributed by atoms with Gasteiger partial charge >= 0.3 is 0 Å². The average Bonchev–Trinajstić information content (AvgIpc) is 3.17. The predicted octanol–water partition coefficient (Wildman–Crippen LogP) is 4.08. The van der Waals surface area contributed by atoms with Gasteiger partial charge in [0.1, 0.15) is 5.82 Å². The maximum atomic E-state index is 13.7. The molecule has 2 aromatic heterocycles. The summed E-state index contributed by atoms with van der Waals surface area (Å²) in [6.07, 6.45) is 3.14. The molecule has 5 heteroatoms. The molecule has 0 fully saturated rings. The summed E-state index contributed by atoms with van der Waals surface area (Å²) in [4.78, 5) is 13.3. The van der Waals surface area contributed by atoms with E-state index in [4.69, 9.17) is 4.42 Å². The van der Waals surface area contributed by atoms with Crippen molar-refractivity contribution in [3.05, 3.63) is 71.2 Å². The lowest BCUT2D eigenvalue weighted by atomic mass is 10.2. The lowest BCUT2D eigenvalue weighted by molar-refractivity contribution is 0.0955. The van der Waals surface area contributed by atoms with Gasteiger partial charge in [-0.05, 0) is 24.3 Å². The summed E-state index contributed by atoms with van der Waals surface area (Å²) < 4.78 is 18.7. The van der Waals surface area contributed by atoms with E-state index in [1.807, 2.05) is 0 Å². The maximum Gasteiger partial charge on any atom is 0.261 e. The molecule has 0 aliphatic heterocycles. The lowest BCUT2D eigenvalue weighted by Gasteiger charge is -2.01. The highest BCUT2D eigenvalue weighted by Crippen LogP contribution is 2.29. The molecule has 1 aromatic carbocycles. The van der Waals surface area contributed by atoms with Crippen molar-refractivity contribution >= 4 is 17.2 Å². The number of carbonyl (C=O) groups is 1. The molecule has 0 radical (unpaired) electrons. The summed E-state index contributed by atoms with van der Waals surface area (Å²) in [7, 11) is 0. The van der Waals surface area contributed by atoms with E-state index in [1.165, 1.54) is 17.4 Å². The Morgan fingerprint density at radius 3 is 2.81 bits per heavy atom. The largest absolute Gasteiger partial charge is 0.472 e. The normalized spacial score (nSPS) is 10.5. The highest BCUT2D eigenvalue weighted by molar-refractivity contribution is 7.17. The van der Waals surface area contributed by atoms with Crippen LogP contribution in [0.4, 0.5) is 4.39 Å². The fourth-order valence-corrected chi connectivity index (χ4v) is 2.88. The Bertz CT molecular complexity index is 749. The summed E-state index contributed by atoms with van der Waals surface area (Å²) in [5.41, 5.74) is 1.41. The first-order chi connectivity index (χ1) is 10.2. The third kappa shape index (κ3) is 3.03. The van der Waals surface area contributed by atoms with Crippen LogP contribution in [0, 0.1) is 5.82 Å². The molecule has 0 aliphatic rings. The van der Waals surface area contributed by atoms with Gasteiger partial charge in [-0.25, -0.2) is 4.39 Å². The van der Waals surface area contributed by atoms with Gasteiger partial charge in [-0.2, -0.15) is 0 Å². The molecule has 1 N–H and O–H groups in total. The highest BCUT2D eigenvalue weighted by Gasteiger charge is 2.12. The third-order valence-corrected chi connectivity index (χ3v) is 4.12. The molecule has 0 spiro atoms. The number of hydrogen-bond donors (Lipinski definition) is 1. The van der Waals surface area contributed by atoms with Gasteiger partial charge < -0.3 is 9.73 Å². The van der Waals surface area contributed by atoms with Crippen molar-refractivity contribution in [1.82, 2.24) is 5.32 Å². The minimum absolute atomic E-state index is 0.177. The molecule has 0 bridgehead atoms. The summed E-state index contributed by atoms with van der Waals surface area (Å²) in [5.74, 6) is -0.464. The molecule has 21 heavy (non-hydrogen) atoms. The minimum Gasteiger partial charge on any atom is -0.472 e. The maximum absolute atomic E-state index is 13.7. The SMILES string of the molecule is O=C(NCc1ccoc1)c1ccc(-c2ccccc2F)s1. The molecule has 1 amide bonds. The van der Waals surface area contributed by atoms with Crippen molar-refractivity contribution < 1.29 is 13.6 Å². The molecule has 3 aromatic rings. The second-order valence-electron chi connectivity index (χ2n) is 4.46. The molecular formula is C16H12FNO2S. The second-order valence-corrected chi connectivity index (χ2v) is 5.54. The van der Waals surface area contributed by atoms with Crippen LogP contribution >= 0.6 is 11.3 Å². The minimum atomic E-state index is -0.287. The summed E-state index contributed by atoms with van der Waals surface area (Å²) in [6.45, 7) is 0.405. The summed E-state index contributed by atoms with van der Waals surface area (Å²) in [5, 5.41) is 2.80. The first-order valence-electron chi connectivity index (χ1n) is 6.38. The van der Waals surface area contributed by atoms with E-state index in [1.54, 1.807) is 48.9 Å². The number of thiophene rings is 1. The molecule has 3 rings (SSSR count). The van der Waals surface area contributed by atoms with Gasteiger partial charge in [0.05, 0.1) is 17.4 Å². The Hall–Kier alpha value is -2.40. The van der Waals surface area contributed by atoms with E-state index < -0.39 is 0 Å². The average molecular weight is 301 g/mol. The fraction of sp³-hybridized carbons (Fsp3) is 0.0625. The van der Waals surface area contributed by atoms with E-state index in [2.05, 4.69) is 5.32 Å². The molecule has 3 nitrogen and oxygen atoms in total. The van der Waals surface area contributed by atoms with Crippen LogP contribution in [0.5, 0.6) is 0 Å². The van der Waals surface area contributed by atoms with Crippen molar-refractivity contribution in [2.45, 2.75) is 6.54 Å². The summed E-state index contributed by atoms with van der Waals surface area (Å²) >= 11 is 1.27. The zero-order valence-electron chi connectivity index (χ0n) is 11.0. The third-order valence-electron chi connectivity index (χ3n) is 3.00. The summed E-state index contributed by atoms with van der Waals surface area (Å²) in [6, 6.07) is 11.8. The monoisotopic (exact) mass is 301 g/mol. The van der Waals surface area contributed by atoms with E-state index in [9.17, 15) is 9.18 Å². The number of halogens is 1. The van der Waals surface area contributed by atoms with Crippen molar-refractivity contribution in [1.29, 1.82) is 0 Å². The molecule has 0 unspecified atom stereocenters. The number of rotatable bonds is 4. The predicted molar refractivity (Wildman–Crippen MR) is 79.6 cm³/mol. The quantitative estimate of drug-likeness (QED) is 0.789. The number of amides is 1. The van der Waals surface area contributed by atoms with Gasteiger partial charge in [0.15, 0.2) is 0 Å². The lowest BCUT2D eigenvalue weighted by Crippen LogP contribution is -2.21. The number of nitrogens with one attached hydrogen (secondary N) is 1. The Labute approximate surface area is 125 Å². The standard InChI is InChI=1S/C16H12FNO2S/c17-13-4-2-1-3-12(13)14-5-6-15(21-14)16(19)18-9-11-7-8-20-10-11/h1-8,10H,9H2,(H,18,19). The molecule has 0 aliphatic carbocycles. The molecule has 0 saturated carbocycles. The van der Waals surface area contributed by atoms with Gasteiger partial charge in [-0.1, -0.05) is 18.2 Å². The van der Waals surface area contributed by atoms with E-state index in [0.717, 1.165) is 10.4 Å². The van der Waals surface area contributed by atoms with Gasteiger partial charge in [0.2, 0.25) is 0 Å². The van der Waals surface area contributed by atoms with Crippen LogP contribution in [0.2, 0.25) is 0 Å². The van der Waals surface area contributed by atoms with Gasteiger partial charge in [-0.15, -0.1) is 11.3 Å². The zero-order chi connectivity index (χ0) is 14.7. The van der Waals surface area contributed by atoms with Crippen molar-refractivity contribution in [2.24, 2.45) is 0 Å². The van der Waals surface area contributed by atoms with Crippen LogP contribution < -0.4 is 5.32 Å². The van der Waals surface area contributed by atoms with Crippen molar-refractivity contribution in [3.63, 3.8) is 0 Å². The number of furan rings is 1. The first-order valence-corrected chi connectivity index (χ1v) is 7.20. The number of benzene rings is 1. The topological polar surface area (TPSA) is 42.2 Å². The van der Waals surface area contributed by atoms with Crippen LogP contribution in [-0.4, -0.2) is 5.91 Å². The van der Waals surface area contributed by atoms with E-state index in [0.29, 0.717) is 17.0 Å². The van der Waals surface area contributed by atoms with Crippen molar-refractivity contribution in [3.8, 4) is 10.4 Å². The van der Waals surface area contributed by atoms with Crippen LogP contribution in [0.15, 0.2) is 59.4 Å². The van der Waals surface area contributed by atoms with Crippen LogP contribution in [0.3, 0.4) is 0 Å². The number of carbonyl (C=O) groups excluding carboxylic acids is 1. The van der Waals surface area contributed by atoms with E-state index >= 15 is 0 Å². The van der Waals surface area contributed by atoms with Crippen LogP contribution in [0.25, 0.3) is 10.4 Å². The molecule has 0 saturated heterocycles. The second kappa shape index (κ2) is 5.93. The molecule has 106 valence electrons. The Morgan fingerprint density at radius 1 is 1.19 bits per heavy atom. The van der Waals surface area contributed by atoms with Gasteiger partial charge in [0.25, 0.3) is 5.91 Å². The van der Waals surface area contributed by atoms with Gasteiger partial charge in [0, 0.05) is 22.5 Å². The Balaban J connectivity index is 1.73. The smallest absolute Gasteiger partial charge is 0.261 e. The van der Waals surface area contributed by atoms with Gasteiger partial charge in [-0.3, -0.25) is 4.79 Å². The van der Waals surface area contributed by atoms with Crippen LogP contribution in [-0.2, 0) is 6.54 Å². The Kier molecular flexibility index (Phi) is 3.83. The van der Waals surface area contributed by atoms with Crippen LogP contribution in [0.1, 0.15) is 15.2 Å². The zero-order valence-corrected chi connectivity index (χ0v) is 11.8. The van der Waals surface area contributed by atoms with E-state index in [-0.39, 0.29) is 11.7 Å². The first kappa shape index (κ1) is 13.6. The fourth-order valence-electron chi connectivity index (χ4n) is 1.93. The molecular weight excluding hydrogens is 289 g/mol. The Morgan fingerprint density at radius 2 is 2.05 bits per heavy atom. The van der Waals surface area contributed by atoms with Crippen molar-refractivity contribution in [2.75, 3.05) is 0 Å².